The van der Waals surface area contributed by atoms with Crippen molar-refractivity contribution in [1.29, 1.82) is 0 Å². The number of rotatable bonds is 3. The molecule has 3 aromatic rings. The molecule has 0 saturated heterocycles. The summed E-state index contributed by atoms with van der Waals surface area (Å²) in [6.07, 6.45) is 1.67. The van der Waals surface area contributed by atoms with Gasteiger partial charge in [0.05, 0.1) is 17.4 Å². The minimum absolute atomic E-state index is 0.112. The molecule has 3 rings (SSSR count). The van der Waals surface area contributed by atoms with E-state index >= 15 is 0 Å². The minimum Gasteiger partial charge on any atom is -0.477 e. The van der Waals surface area contributed by atoms with Crippen LogP contribution in [0.3, 0.4) is 0 Å². The van der Waals surface area contributed by atoms with Crippen LogP contribution in [-0.2, 0) is 0 Å². The van der Waals surface area contributed by atoms with Gasteiger partial charge in [0.2, 0.25) is 0 Å². The van der Waals surface area contributed by atoms with E-state index < -0.39 is 5.97 Å². The summed E-state index contributed by atoms with van der Waals surface area (Å²) in [5, 5.41) is 20.8. The van der Waals surface area contributed by atoms with Gasteiger partial charge in [-0.2, -0.15) is 5.10 Å². The Hall–Kier alpha value is -2.67. The maximum Gasteiger partial charge on any atom is 0.348 e. The Labute approximate surface area is 117 Å². The number of carboxylic acids is 1. The van der Waals surface area contributed by atoms with Gasteiger partial charge in [-0.15, -0.1) is 11.3 Å². The first kappa shape index (κ1) is 12.4. The lowest BCUT2D eigenvalue weighted by Gasteiger charge is -2.04. The first-order valence-electron chi connectivity index (χ1n) is 5.70. The number of thiophene rings is 1. The molecule has 0 aliphatic carbocycles. The third-order valence-corrected chi connectivity index (χ3v) is 3.71. The molecular formula is C13H9N3O3S. The number of aromatic nitrogens is 2. The van der Waals surface area contributed by atoms with Gasteiger partial charge in [0, 0.05) is 10.9 Å². The van der Waals surface area contributed by atoms with Crippen LogP contribution in [0.5, 0.6) is 0 Å². The molecule has 1 amide bonds. The number of benzene rings is 1. The lowest BCUT2D eigenvalue weighted by Crippen LogP contribution is -2.13. The molecule has 0 unspecified atom stereocenters. The van der Waals surface area contributed by atoms with E-state index in [1.165, 1.54) is 0 Å². The lowest BCUT2D eigenvalue weighted by molar-refractivity contribution is 0.0703. The van der Waals surface area contributed by atoms with Crippen LogP contribution < -0.4 is 5.32 Å². The van der Waals surface area contributed by atoms with Crippen LogP contribution in [0, 0.1) is 0 Å². The average Bonchev–Trinajstić information content (AvgIpc) is 3.05. The number of nitrogens with one attached hydrogen (secondary N) is 2. The molecule has 2 aromatic heterocycles. The molecule has 20 heavy (non-hydrogen) atoms. The smallest absolute Gasteiger partial charge is 0.348 e. The molecule has 6 nitrogen and oxygen atoms in total. The molecule has 0 aliphatic rings. The van der Waals surface area contributed by atoms with Crippen LogP contribution in [0.2, 0.25) is 0 Å². The lowest BCUT2D eigenvalue weighted by atomic mass is 10.1. The van der Waals surface area contributed by atoms with Gasteiger partial charge in [0.1, 0.15) is 4.88 Å². The highest BCUT2D eigenvalue weighted by Crippen LogP contribution is 2.23. The Balaban J connectivity index is 1.88. The summed E-state index contributed by atoms with van der Waals surface area (Å²) in [7, 11) is 0. The summed E-state index contributed by atoms with van der Waals surface area (Å²) in [4.78, 5) is 23.2. The normalized spacial score (nSPS) is 10.6. The molecule has 0 spiro atoms. The molecule has 0 aliphatic heterocycles. The predicted molar refractivity (Wildman–Crippen MR) is 75.3 cm³/mol. The number of carbonyl (C=O) groups excluding carboxylic acids is 1. The van der Waals surface area contributed by atoms with Gasteiger partial charge in [-0.3, -0.25) is 9.89 Å². The number of H-pyrrole nitrogens is 1. The molecule has 1 aromatic carbocycles. The number of nitrogens with zero attached hydrogens (tertiary/aromatic N) is 1. The number of hydrogen-bond donors (Lipinski definition) is 3. The fourth-order valence-corrected chi connectivity index (χ4v) is 2.53. The number of fused-ring (bicyclic) bond motifs is 1. The van der Waals surface area contributed by atoms with Crippen molar-refractivity contribution in [1.82, 2.24) is 10.2 Å². The molecule has 3 N–H and O–H groups in total. The Bertz CT molecular complexity index is 806. The number of aromatic carboxylic acids is 1. The SMILES string of the molecule is O=C(Nc1ccsc1C(=O)O)c1ccc2cn[nH]c2c1. The van der Waals surface area contributed by atoms with Crippen molar-refractivity contribution in [3.63, 3.8) is 0 Å². The van der Waals surface area contributed by atoms with E-state index in [1.54, 1.807) is 35.8 Å². The maximum absolute atomic E-state index is 12.1. The highest BCUT2D eigenvalue weighted by Gasteiger charge is 2.15. The average molecular weight is 287 g/mol. The molecule has 0 fully saturated rings. The Morgan fingerprint density at radius 3 is 2.95 bits per heavy atom. The van der Waals surface area contributed by atoms with Crippen LogP contribution >= 0.6 is 11.3 Å². The van der Waals surface area contributed by atoms with Crippen molar-refractivity contribution in [2.45, 2.75) is 0 Å². The summed E-state index contributed by atoms with van der Waals surface area (Å²) in [5.74, 6) is -1.42. The standard InChI is InChI=1S/C13H9N3O3S/c17-12(15-9-3-4-20-11(9)13(18)19)7-1-2-8-6-14-16-10(8)5-7/h1-6H,(H,14,16)(H,15,17)(H,18,19). The second kappa shape index (κ2) is 4.78. The molecule has 0 radical (unpaired) electrons. The summed E-state index contributed by atoms with van der Waals surface area (Å²) >= 11 is 1.07. The van der Waals surface area contributed by atoms with E-state index in [-0.39, 0.29) is 10.8 Å². The Morgan fingerprint density at radius 2 is 2.15 bits per heavy atom. The number of hydrogen-bond acceptors (Lipinski definition) is 4. The monoisotopic (exact) mass is 287 g/mol. The third-order valence-electron chi connectivity index (χ3n) is 2.81. The van der Waals surface area contributed by atoms with Crippen LogP contribution in [0.25, 0.3) is 10.9 Å². The van der Waals surface area contributed by atoms with Crippen LogP contribution in [-0.4, -0.2) is 27.2 Å². The van der Waals surface area contributed by atoms with E-state index in [0.717, 1.165) is 22.2 Å². The van der Waals surface area contributed by atoms with Crippen LogP contribution in [0.15, 0.2) is 35.8 Å². The van der Waals surface area contributed by atoms with Gasteiger partial charge in [0.15, 0.2) is 0 Å². The molecule has 0 bridgehead atoms. The fraction of sp³-hybridized carbons (Fsp3) is 0. The van der Waals surface area contributed by atoms with E-state index in [2.05, 4.69) is 15.5 Å². The van der Waals surface area contributed by atoms with E-state index in [1.807, 2.05) is 0 Å². The van der Waals surface area contributed by atoms with Crippen LogP contribution in [0.4, 0.5) is 5.69 Å². The summed E-state index contributed by atoms with van der Waals surface area (Å²) in [5.41, 5.74) is 1.49. The first-order valence-corrected chi connectivity index (χ1v) is 6.58. The molecule has 7 heteroatoms. The van der Waals surface area contributed by atoms with Gasteiger partial charge in [0.25, 0.3) is 5.91 Å². The van der Waals surface area contributed by atoms with E-state index in [9.17, 15) is 9.59 Å². The van der Waals surface area contributed by atoms with Crippen molar-refractivity contribution in [2.75, 3.05) is 5.32 Å². The predicted octanol–water partition coefficient (Wildman–Crippen LogP) is 2.57. The number of anilines is 1. The Morgan fingerprint density at radius 1 is 1.30 bits per heavy atom. The van der Waals surface area contributed by atoms with Crippen molar-refractivity contribution >= 4 is 39.8 Å². The molecule has 0 saturated carbocycles. The number of aromatic amines is 1. The highest BCUT2D eigenvalue weighted by molar-refractivity contribution is 7.12. The fourth-order valence-electron chi connectivity index (χ4n) is 1.85. The topological polar surface area (TPSA) is 95.1 Å². The second-order valence-corrected chi connectivity index (χ2v) is 5.01. The largest absolute Gasteiger partial charge is 0.477 e. The van der Waals surface area contributed by atoms with Crippen LogP contribution in [0.1, 0.15) is 20.0 Å². The number of amides is 1. The van der Waals surface area contributed by atoms with Crippen molar-refractivity contribution in [3.05, 3.63) is 46.3 Å². The van der Waals surface area contributed by atoms with Crippen molar-refractivity contribution in [3.8, 4) is 0 Å². The highest BCUT2D eigenvalue weighted by atomic mass is 32.1. The first-order chi connectivity index (χ1) is 9.65. The molecular weight excluding hydrogens is 278 g/mol. The van der Waals surface area contributed by atoms with Crippen molar-refractivity contribution in [2.24, 2.45) is 0 Å². The van der Waals surface area contributed by atoms with E-state index in [0.29, 0.717) is 11.3 Å². The van der Waals surface area contributed by atoms with Gasteiger partial charge >= 0.3 is 5.97 Å². The number of carbonyl (C=O) groups is 2. The van der Waals surface area contributed by atoms with Gasteiger partial charge in [-0.05, 0) is 23.6 Å². The van der Waals surface area contributed by atoms with Crippen molar-refractivity contribution < 1.29 is 14.7 Å². The summed E-state index contributed by atoms with van der Waals surface area (Å²) in [6.45, 7) is 0. The third kappa shape index (κ3) is 2.14. The van der Waals surface area contributed by atoms with E-state index in [4.69, 9.17) is 5.11 Å². The maximum atomic E-state index is 12.1. The van der Waals surface area contributed by atoms with Gasteiger partial charge < -0.3 is 10.4 Å². The zero-order chi connectivity index (χ0) is 14.1. The van der Waals surface area contributed by atoms with Gasteiger partial charge in [-0.1, -0.05) is 6.07 Å². The summed E-state index contributed by atoms with van der Waals surface area (Å²) in [6, 6.07) is 6.69. The molecule has 0 atom stereocenters. The van der Waals surface area contributed by atoms with Gasteiger partial charge in [-0.25, -0.2) is 4.79 Å². The molecule has 2 heterocycles. The quantitative estimate of drug-likeness (QED) is 0.690. The second-order valence-electron chi connectivity index (χ2n) is 4.09. The summed E-state index contributed by atoms with van der Waals surface area (Å²) < 4.78 is 0. The zero-order valence-corrected chi connectivity index (χ0v) is 10.9. The molecule has 100 valence electrons. The minimum atomic E-state index is -1.06. The Kier molecular flexibility index (Phi) is 2.96. The number of carboxylic acid groups (broad SMARTS) is 1. The zero-order valence-electron chi connectivity index (χ0n) is 10.1.